The van der Waals surface area contributed by atoms with Gasteiger partial charge in [-0.25, -0.2) is 0 Å². The van der Waals surface area contributed by atoms with Crippen LogP contribution in [-0.2, 0) is 6.42 Å². The van der Waals surface area contributed by atoms with Gasteiger partial charge in [-0.2, -0.15) is 0 Å². The summed E-state index contributed by atoms with van der Waals surface area (Å²) in [5, 5.41) is 0. The van der Waals surface area contributed by atoms with E-state index in [-0.39, 0.29) is 5.54 Å². The molecule has 100 valence electrons. The van der Waals surface area contributed by atoms with Crippen molar-refractivity contribution in [1.29, 1.82) is 0 Å². The molecule has 0 spiro atoms. The van der Waals surface area contributed by atoms with Gasteiger partial charge >= 0.3 is 0 Å². The predicted molar refractivity (Wildman–Crippen MR) is 78.9 cm³/mol. The van der Waals surface area contributed by atoms with Crippen molar-refractivity contribution in [2.45, 2.75) is 65.3 Å². The van der Waals surface area contributed by atoms with Gasteiger partial charge in [0.15, 0.2) is 0 Å². The summed E-state index contributed by atoms with van der Waals surface area (Å²) in [7, 11) is 0. The molecule has 18 heavy (non-hydrogen) atoms. The first kappa shape index (κ1) is 13.6. The highest BCUT2D eigenvalue weighted by Crippen LogP contribution is 2.37. The summed E-state index contributed by atoms with van der Waals surface area (Å²) in [6, 6.07) is 4.58. The lowest BCUT2D eigenvalue weighted by molar-refractivity contribution is 0.405. The first-order valence-corrected chi connectivity index (χ1v) is 7.29. The Bertz CT molecular complexity index is 412. The number of hydrogen-bond acceptors (Lipinski definition) is 1. The molecular formula is C17H27N. The van der Waals surface area contributed by atoms with Gasteiger partial charge in [0.1, 0.15) is 0 Å². The van der Waals surface area contributed by atoms with E-state index < -0.39 is 0 Å². The minimum absolute atomic E-state index is 0.0471. The lowest BCUT2D eigenvalue weighted by Crippen LogP contribution is -2.39. The molecule has 2 unspecified atom stereocenters. The molecule has 1 heteroatoms. The molecule has 1 aromatic rings. The lowest BCUT2D eigenvalue weighted by atomic mass is 9.85. The minimum atomic E-state index is 0.0471. The SMILES string of the molecule is CCC1CCC(N)(Cc2c(C)cc(C)cc2C)C1. The molecule has 0 radical (unpaired) electrons. The number of rotatable bonds is 3. The molecule has 0 bridgehead atoms. The number of hydrogen-bond donors (Lipinski definition) is 1. The molecule has 2 atom stereocenters. The zero-order chi connectivity index (χ0) is 13.3. The smallest absolute Gasteiger partial charge is 0.0198 e. The summed E-state index contributed by atoms with van der Waals surface area (Å²) < 4.78 is 0. The van der Waals surface area contributed by atoms with E-state index in [0.717, 1.165) is 12.3 Å². The van der Waals surface area contributed by atoms with Crippen LogP contribution in [0, 0.1) is 26.7 Å². The normalized spacial score (nSPS) is 27.7. The largest absolute Gasteiger partial charge is 0.325 e. The second kappa shape index (κ2) is 5.05. The molecule has 1 aliphatic carbocycles. The lowest BCUT2D eigenvalue weighted by Gasteiger charge is -2.26. The zero-order valence-electron chi connectivity index (χ0n) is 12.3. The van der Waals surface area contributed by atoms with Crippen LogP contribution in [0.25, 0.3) is 0 Å². The molecule has 0 aliphatic heterocycles. The third kappa shape index (κ3) is 2.77. The van der Waals surface area contributed by atoms with Crippen molar-refractivity contribution < 1.29 is 0 Å². The standard InChI is InChI=1S/C17H27N/c1-5-15-6-7-17(18,10-15)11-16-13(3)8-12(2)9-14(16)4/h8-9,15H,5-7,10-11,18H2,1-4H3. The molecule has 2 rings (SSSR count). The van der Waals surface area contributed by atoms with Crippen molar-refractivity contribution in [2.24, 2.45) is 11.7 Å². The van der Waals surface area contributed by atoms with Crippen LogP contribution in [0.4, 0.5) is 0 Å². The number of nitrogens with two attached hydrogens (primary N) is 1. The average Bonchev–Trinajstić information content (AvgIpc) is 2.66. The number of benzene rings is 1. The summed E-state index contributed by atoms with van der Waals surface area (Å²) >= 11 is 0. The van der Waals surface area contributed by atoms with Gasteiger partial charge in [-0.3, -0.25) is 0 Å². The average molecular weight is 245 g/mol. The molecule has 0 aromatic heterocycles. The first-order valence-electron chi connectivity index (χ1n) is 7.29. The van der Waals surface area contributed by atoms with Gasteiger partial charge in [0.25, 0.3) is 0 Å². The van der Waals surface area contributed by atoms with E-state index in [1.807, 2.05) is 0 Å². The highest BCUT2D eigenvalue weighted by Gasteiger charge is 2.35. The van der Waals surface area contributed by atoms with Crippen LogP contribution in [0.2, 0.25) is 0 Å². The van der Waals surface area contributed by atoms with E-state index >= 15 is 0 Å². The molecule has 1 saturated carbocycles. The van der Waals surface area contributed by atoms with Crippen LogP contribution in [0.1, 0.15) is 54.9 Å². The van der Waals surface area contributed by atoms with Crippen molar-refractivity contribution in [3.8, 4) is 0 Å². The predicted octanol–water partition coefficient (Wildman–Crippen LogP) is 4.06. The maximum Gasteiger partial charge on any atom is 0.0198 e. The van der Waals surface area contributed by atoms with Crippen LogP contribution in [-0.4, -0.2) is 5.54 Å². The number of aryl methyl sites for hydroxylation is 3. The van der Waals surface area contributed by atoms with E-state index in [1.54, 1.807) is 0 Å². The molecule has 0 saturated heterocycles. The maximum atomic E-state index is 6.63. The van der Waals surface area contributed by atoms with E-state index in [1.165, 1.54) is 47.9 Å². The third-order valence-electron chi connectivity index (χ3n) is 4.69. The van der Waals surface area contributed by atoms with Gasteiger partial charge in [-0.15, -0.1) is 0 Å². The van der Waals surface area contributed by atoms with Gasteiger partial charge in [-0.1, -0.05) is 31.0 Å². The Hall–Kier alpha value is -0.820. The first-order chi connectivity index (χ1) is 8.43. The Kier molecular flexibility index (Phi) is 3.82. The summed E-state index contributed by atoms with van der Waals surface area (Å²) in [6.45, 7) is 8.92. The van der Waals surface area contributed by atoms with Crippen molar-refractivity contribution in [1.82, 2.24) is 0 Å². The molecule has 1 nitrogen and oxygen atoms in total. The summed E-state index contributed by atoms with van der Waals surface area (Å²) in [5.74, 6) is 0.848. The van der Waals surface area contributed by atoms with Crippen LogP contribution >= 0.6 is 0 Å². The molecule has 0 heterocycles. The maximum absolute atomic E-state index is 6.63. The van der Waals surface area contributed by atoms with Gasteiger partial charge in [0, 0.05) is 5.54 Å². The zero-order valence-corrected chi connectivity index (χ0v) is 12.3. The summed E-state index contributed by atoms with van der Waals surface area (Å²) in [4.78, 5) is 0. The quantitative estimate of drug-likeness (QED) is 0.853. The monoisotopic (exact) mass is 245 g/mol. The molecule has 1 aliphatic rings. The molecular weight excluding hydrogens is 218 g/mol. The fraction of sp³-hybridized carbons (Fsp3) is 0.647. The molecule has 0 amide bonds. The van der Waals surface area contributed by atoms with Crippen molar-refractivity contribution in [3.63, 3.8) is 0 Å². The minimum Gasteiger partial charge on any atom is -0.325 e. The van der Waals surface area contributed by atoms with E-state index in [9.17, 15) is 0 Å². The highest BCUT2D eigenvalue weighted by atomic mass is 14.8. The van der Waals surface area contributed by atoms with Crippen LogP contribution in [0.3, 0.4) is 0 Å². The van der Waals surface area contributed by atoms with Crippen molar-refractivity contribution in [3.05, 3.63) is 34.4 Å². The summed E-state index contributed by atoms with van der Waals surface area (Å²) in [5.41, 5.74) is 12.4. The van der Waals surface area contributed by atoms with Gasteiger partial charge < -0.3 is 5.73 Å². The highest BCUT2D eigenvalue weighted by molar-refractivity contribution is 5.38. The van der Waals surface area contributed by atoms with Crippen molar-refractivity contribution >= 4 is 0 Å². The van der Waals surface area contributed by atoms with E-state index in [0.29, 0.717) is 0 Å². The van der Waals surface area contributed by atoms with Crippen molar-refractivity contribution in [2.75, 3.05) is 0 Å². The van der Waals surface area contributed by atoms with E-state index in [4.69, 9.17) is 5.73 Å². The molecule has 1 fully saturated rings. The molecule has 1 aromatic carbocycles. The van der Waals surface area contributed by atoms with Gasteiger partial charge in [-0.05, 0) is 69.1 Å². The fourth-order valence-corrected chi connectivity index (χ4v) is 3.62. The second-order valence-electron chi connectivity index (χ2n) is 6.43. The second-order valence-corrected chi connectivity index (χ2v) is 6.43. The third-order valence-corrected chi connectivity index (χ3v) is 4.69. The van der Waals surface area contributed by atoms with Crippen LogP contribution < -0.4 is 5.73 Å². The Labute approximate surface area is 112 Å². The topological polar surface area (TPSA) is 26.0 Å². The Morgan fingerprint density at radius 2 is 1.83 bits per heavy atom. The Balaban J connectivity index is 2.20. The van der Waals surface area contributed by atoms with Crippen LogP contribution in [0.5, 0.6) is 0 Å². The Morgan fingerprint density at radius 3 is 2.33 bits per heavy atom. The summed E-state index contributed by atoms with van der Waals surface area (Å²) in [6.07, 6.45) is 6.05. The molecule has 2 N–H and O–H groups in total. The van der Waals surface area contributed by atoms with E-state index in [2.05, 4.69) is 39.8 Å². The fourth-order valence-electron chi connectivity index (χ4n) is 3.62. The van der Waals surface area contributed by atoms with Gasteiger partial charge in [0.05, 0.1) is 0 Å². The Morgan fingerprint density at radius 1 is 1.22 bits per heavy atom. The van der Waals surface area contributed by atoms with Gasteiger partial charge in [0.2, 0.25) is 0 Å². The van der Waals surface area contributed by atoms with Crippen LogP contribution in [0.15, 0.2) is 12.1 Å².